The fraction of sp³-hybridized carbons (Fsp3) is 0.192. The summed E-state index contributed by atoms with van der Waals surface area (Å²) in [6, 6.07) is 12.4. The number of carbonyl (C=O) groups excluding carboxylic acids is 3. The van der Waals surface area contributed by atoms with Gasteiger partial charge in [-0.3, -0.25) is 19.2 Å². The van der Waals surface area contributed by atoms with E-state index in [0.29, 0.717) is 10.1 Å². The Morgan fingerprint density at radius 2 is 1.59 bits per heavy atom. The smallest absolute Gasteiger partial charge is 0.339 e. The van der Waals surface area contributed by atoms with E-state index < -0.39 is 49.9 Å². The van der Waals surface area contributed by atoms with Crippen molar-refractivity contribution in [3.8, 4) is 11.5 Å². The number of benzene rings is 3. The minimum atomic E-state index is -4.78. The summed E-state index contributed by atoms with van der Waals surface area (Å²) in [4.78, 5) is 47.8. The van der Waals surface area contributed by atoms with Crippen molar-refractivity contribution in [3.05, 3.63) is 81.9 Å². The van der Waals surface area contributed by atoms with Crippen LogP contribution in [-0.4, -0.2) is 66.2 Å². The molecule has 0 spiro atoms. The number of nitro benzene ring substituents is 1. The predicted molar refractivity (Wildman–Crippen MR) is 145 cm³/mol. The van der Waals surface area contributed by atoms with Gasteiger partial charge in [-0.15, -0.1) is 0 Å². The third-order valence-corrected chi connectivity index (χ3v) is 7.50. The summed E-state index contributed by atoms with van der Waals surface area (Å²) < 4.78 is 48.3. The Hall–Kier alpha value is -5.18. The van der Waals surface area contributed by atoms with E-state index in [4.69, 9.17) is 14.2 Å². The van der Waals surface area contributed by atoms with E-state index in [1.165, 1.54) is 56.7 Å². The van der Waals surface area contributed by atoms with Gasteiger partial charge in [-0.2, -0.15) is 0 Å². The van der Waals surface area contributed by atoms with Gasteiger partial charge in [0.05, 0.1) is 55.9 Å². The second-order valence-electron chi connectivity index (χ2n) is 8.07. The topological polar surface area (TPSA) is 181 Å². The van der Waals surface area contributed by atoms with Gasteiger partial charge in [0.15, 0.2) is 4.90 Å². The summed E-state index contributed by atoms with van der Waals surface area (Å²) >= 11 is 0. The number of rotatable bonds is 11. The van der Waals surface area contributed by atoms with E-state index in [9.17, 15) is 32.9 Å². The zero-order valence-corrected chi connectivity index (χ0v) is 23.1. The van der Waals surface area contributed by atoms with Gasteiger partial charge < -0.3 is 24.3 Å². The normalized spacial score (nSPS) is 10.7. The van der Waals surface area contributed by atoms with Crippen molar-refractivity contribution in [1.29, 1.82) is 0 Å². The minimum Gasteiger partial charge on any atom is -0.497 e. The lowest BCUT2D eigenvalue weighted by molar-refractivity contribution is -0.387. The Balaban J connectivity index is 2.14. The number of sulfonamides is 1. The molecule has 3 aromatic rings. The Bertz CT molecular complexity index is 1610. The number of methoxy groups -OCH3 is 4. The van der Waals surface area contributed by atoms with Crippen molar-refractivity contribution in [3.63, 3.8) is 0 Å². The lowest BCUT2D eigenvalue weighted by Gasteiger charge is -2.26. The zero-order valence-electron chi connectivity index (χ0n) is 22.3. The molecule has 0 aliphatic heterocycles. The maximum atomic E-state index is 13.9. The summed E-state index contributed by atoms with van der Waals surface area (Å²) in [5.74, 6) is -2.31. The van der Waals surface area contributed by atoms with Crippen molar-refractivity contribution in [2.45, 2.75) is 4.90 Å². The summed E-state index contributed by atoms with van der Waals surface area (Å²) in [6.07, 6.45) is 0. The second kappa shape index (κ2) is 12.8. The molecule has 3 aromatic carbocycles. The number of nitrogens with zero attached hydrogens (tertiary/aromatic N) is 2. The molecular weight excluding hydrogens is 562 g/mol. The third-order valence-electron chi connectivity index (χ3n) is 5.69. The van der Waals surface area contributed by atoms with Crippen LogP contribution in [-0.2, 0) is 24.3 Å². The SMILES string of the molecule is COC(=O)c1ccc(C(=O)OC)c(NC(=O)CN(c2ccc(OC)cc2OC)S(=O)(=O)c2ccccc2[N+](=O)[O-])c1. The Morgan fingerprint density at radius 3 is 2.20 bits per heavy atom. The number of hydrogen-bond donors (Lipinski definition) is 1. The van der Waals surface area contributed by atoms with Crippen molar-refractivity contribution >= 4 is 44.9 Å². The number of esters is 2. The first-order valence-electron chi connectivity index (χ1n) is 11.6. The van der Waals surface area contributed by atoms with E-state index in [0.717, 1.165) is 32.4 Å². The summed E-state index contributed by atoms with van der Waals surface area (Å²) in [6.45, 7) is -0.930. The molecule has 0 aromatic heterocycles. The van der Waals surface area contributed by atoms with Crippen LogP contribution in [0.2, 0.25) is 0 Å². The minimum absolute atomic E-state index is 0.0170. The quantitative estimate of drug-likeness (QED) is 0.198. The molecule has 0 atom stereocenters. The average Bonchev–Trinajstić information content (AvgIpc) is 2.98. The van der Waals surface area contributed by atoms with Crippen molar-refractivity contribution in [1.82, 2.24) is 0 Å². The fourth-order valence-electron chi connectivity index (χ4n) is 3.74. The number of anilines is 2. The molecule has 0 heterocycles. The standard InChI is InChI=1S/C26H25N3O11S/c1-37-17-10-12-20(22(14-17)38-2)28(41(35,36)23-8-6-5-7-21(23)29(33)34)15-24(30)27-19-13-16(25(31)39-3)9-11-18(19)26(32)40-4/h5-14H,15H2,1-4H3,(H,27,30). The molecule has 3 rings (SSSR count). The lowest BCUT2D eigenvalue weighted by Crippen LogP contribution is -2.38. The van der Waals surface area contributed by atoms with Crippen LogP contribution in [0.5, 0.6) is 11.5 Å². The Morgan fingerprint density at radius 1 is 0.902 bits per heavy atom. The number of ether oxygens (including phenoxy) is 4. The van der Waals surface area contributed by atoms with Crippen LogP contribution in [0, 0.1) is 10.1 Å². The molecule has 0 saturated heterocycles. The molecule has 1 amide bonds. The number of para-hydroxylation sites is 1. The van der Waals surface area contributed by atoms with Crippen LogP contribution in [0.15, 0.2) is 65.6 Å². The zero-order chi connectivity index (χ0) is 30.3. The summed E-state index contributed by atoms with van der Waals surface area (Å²) in [5.41, 5.74) is -1.18. The van der Waals surface area contributed by atoms with E-state index >= 15 is 0 Å². The molecule has 0 radical (unpaired) electrons. The number of nitrogens with one attached hydrogen (secondary N) is 1. The first-order valence-corrected chi connectivity index (χ1v) is 13.0. The molecule has 14 nitrogen and oxygen atoms in total. The number of hydrogen-bond acceptors (Lipinski definition) is 11. The van der Waals surface area contributed by atoms with Gasteiger partial charge in [0.1, 0.15) is 18.0 Å². The average molecular weight is 588 g/mol. The van der Waals surface area contributed by atoms with E-state index in [1.54, 1.807) is 0 Å². The molecule has 0 fully saturated rings. The number of amides is 1. The molecule has 41 heavy (non-hydrogen) atoms. The number of carbonyl (C=O) groups is 3. The third kappa shape index (κ3) is 6.52. The van der Waals surface area contributed by atoms with Gasteiger partial charge in [0, 0.05) is 12.1 Å². The van der Waals surface area contributed by atoms with Gasteiger partial charge in [0.2, 0.25) is 5.91 Å². The van der Waals surface area contributed by atoms with E-state index in [-0.39, 0.29) is 28.3 Å². The van der Waals surface area contributed by atoms with Gasteiger partial charge in [-0.05, 0) is 36.4 Å². The van der Waals surface area contributed by atoms with Gasteiger partial charge in [0.25, 0.3) is 15.7 Å². The molecule has 0 aliphatic rings. The predicted octanol–water partition coefficient (Wildman–Crippen LogP) is 3.02. The van der Waals surface area contributed by atoms with Crippen molar-refractivity contribution in [2.75, 3.05) is 44.6 Å². The van der Waals surface area contributed by atoms with Crippen LogP contribution >= 0.6 is 0 Å². The molecule has 216 valence electrons. The second-order valence-corrected chi connectivity index (χ2v) is 9.90. The van der Waals surface area contributed by atoms with E-state index in [2.05, 4.69) is 10.1 Å². The van der Waals surface area contributed by atoms with Gasteiger partial charge in [-0.1, -0.05) is 12.1 Å². The maximum absolute atomic E-state index is 13.9. The number of nitro groups is 1. The van der Waals surface area contributed by atoms with Crippen molar-refractivity contribution < 1.29 is 46.7 Å². The Kier molecular flexibility index (Phi) is 9.47. The highest BCUT2D eigenvalue weighted by Crippen LogP contribution is 2.37. The van der Waals surface area contributed by atoms with Crippen molar-refractivity contribution in [2.24, 2.45) is 0 Å². The van der Waals surface area contributed by atoms with Crippen LogP contribution in [0.1, 0.15) is 20.7 Å². The lowest BCUT2D eigenvalue weighted by atomic mass is 10.1. The Labute approximate surface area is 234 Å². The largest absolute Gasteiger partial charge is 0.497 e. The molecule has 15 heteroatoms. The first-order chi connectivity index (χ1) is 19.5. The summed E-state index contributed by atoms with van der Waals surface area (Å²) in [5, 5.41) is 14.1. The van der Waals surface area contributed by atoms with Gasteiger partial charge >= 0.3 is 11.9 Å². The molecule has 0 bridgehead atoms. The van der Waals surface area contributed by atoms with Crippen LogP contribution in [0.4, 0.5) is 17.1 Å². The first kappa shape index (κ1) is 30.4. The van der Waals surface area contributed by atoms with Crippen LogP contribution in [0.25, 0.3) is 0 Å². The van der Waals surface area contributed by atoms with Crippen LogP contribution < -0.4 is 19.1 Å². The highest BCUT2D eigenvalue weighted by molar-refractivity contribution is 7.93. The van der Waals surface area contributed by atoms with Crippen LogP contribution in [0.3, 0.4) is 0 Å². The maximum Gasteiger partial charge on any atom is 0.339 e. The molecule has 0 aliphatic carbocycles. The molecule has 1 N–H and O–H groups in total. The summed E-state index contributed by atoms with van der Waals surface area (Å²) in [7, 11) is 0.109. The highest BCUT2D eigenvalue weighted by atomic mass is 32.2. The highest BCUT2D eigenvalue weighted by Gasteiger charge is 2.35. The van der Waals surface area contributed by atoms with Gasteiger partial charge in [-0.25, -0.2) is 18.0 Å². The molecule has 0 unspecified atom stereocenters. The monoisotopic (exact) mass is 587 g/mol. The molecular formula is C26H25N3O11S. The van der Waals surface area contributed by atoms with E-state index in [1.807, 2.05) is 0 Å². The molecule has 0 saturated carbocycles. The fourth-order valence-corrected chi connectivity index (χ4v) is 5.33.